The van der Waals surface area contributed by atoms with Crippen LogP contribution in [0.2, 0.25) is 5.02 Å². The van der Waals surface area contributed by atoms with E-state index >= 15 is 0 Å². The van der Waals surface area contributed by atoms with Gasteiger partial charge in [0, 0.05) is 12.0 Å². The molecule has 0 atom stereocenters. The summed E-state index contributed by atoms with van der Waals surface area (Å²) in [6, 6.07) is 7.52. The first-order chi connectivity index (χ1) is 12.6. The first-order valence-corrected chi connectivity index (χ1v) is 9.22. The standard InChI is InChI=1S/C19H21ClN4O2/c1-12-17(18(23-25-12)14-5-3-4-6-15(14)20)19-21-16(22-26-19)11-13-7-9-24(2)10-8-13/h3-6,13H,7-11H2,1-2H3. The third-order valence-electron chi connectivity index (χ3n) is 4.98. The highest BCUT2D eigenvalue weighted by molar-refractivity contribution is 6.33. The second-order valence-corrected chi connectivity index (χ2v) is 7.32. The van der Waals surface area contributed by atoms with Gasteiger partial charge in [-0.05, 0) is 51.9 Å². The molecule has 6 nitrogen and oxygen atoms in total. The van der Waals surface area contributed by atoms with E-state index in [1.165, 1.54) is 0 Å². The maximum atomic E-state index is 6.32. The average molecular weight is 373 g/mol. The third kappa shape index (κ3) is 3.39. The van der Waals surface area contributed by atoms with Gasteiger partial charge in [0.1, 0.15) is 17.0 Å². The highest BCUT2D eigenvalue weighted by Crippen LogP contribution is 2.36. The molecule has 0 radical (unpaired) electrons. The predicted molar refractivity (Wildman–Crippen MR) is 98.9 cm³/mol. The number of aryl methyl sites for hydroxylation is 1. The minimum atomic E-state index is 0.432. The number of benzene rings is 1. The van der Waals surface area contributed by atoms with Gasteiger partial charge in [0.25, 0.3) is 5.89 Å². The van der Waals surface area contributed by atoms with E-state index in [0.29, 0.717) is 33.8 Å². The number of rotatable bonds is 4. The molecule has 0 unspecified atom stereocenters. The van der Waals surface area contributed by atoms with E-state index in [0.717, 1.165) is 43.7 Å². The summed E-state index contributed by atoms with van der Waals surface area (Å²) in [6.07, 6.45) is 3.16. The number of piperidine rings is 1. The zero-order valence-electron chi connectivity index (χ0n) is 14.9. The zero-order valence-corrected chi connectivity index (χ0v) is 15.7. The fourth-order valence-electron chi connectivity index (χ4n) is 3.42. The van der Waals surface area contributed by atoms with E-state index in [-0.39, 0.29) is 0 Å². The first kappa shape index (κ1) is 17.2. The third-order valence-corrected chi connectivity index (χ3v) is 5.31. The molecule has 0 saturated carbocycles. The fourth-order valence-corrected chi connectivity index (χ4v) is 3.65. The maximum Gasteiger partial charge on any atom is 0.263 e. The molecule has 4 rings (SSSR count). The van der Waals surface area contributed by atoms with E-state index in [2.05, 4.69) is 27.2 Å². The molecule has 3 aromatic rings. The van der Waals surface area contributed by atoms with Crippen molar-refractivity contribution in [1.82, 2.24) is 20.2 Å². The molecule has 2 aromatic heterocycles. The summed E-state index contributed by atoms with van der Waals surface area (Å²) in [5.74, 6) is 2.40. The number of likely N-dealkylation sites (tertiary alicyclic amines) is 1. The van der Waals surface area contributed by atoms with E-state index in [1.807, 2.05) is 31.2 Å². The monoisotopic (exact) mass is 372 g/mol. The minimum Gasteiger partial charge on any atom is -0.360 e. The highest BCUT2D eigenvalue weighted by atomic mass is 35.5. The Morgan fingerprint density at radius 3 is 2.69 bits per heavy atom. The molecule has 0 spiro atoms. The number of nitrogens with zero attached hydrogens (tertiary/aromatic N) is 4. The van der Waals surface area contributed by atoms with Gasteiger partial charge in [-0.25, -0.2) is 0 Å². The molecule has 1 aliphatic heterocycles. The Bertz CT molecular complexity index is 897. The van der Waals surface area contributed by atoms with Gasteiger partial charge in [0.05, 0.1) is 5.02 Å². The topological polar surface area (TPSA) is 68.2 Å². The van der Waals surface area contributed by atoms with Gasteiger partial charge in [-0.3, -0.25) is 0 Å². The molecule has 1 aromatic carbocycles. The summed E-state index contributed by atoms with van der Waals surface area (Å²) < 4.78 is 10.9. The maximum absolute atomic E-state index is 6.32. The van der Waals surface area contributed by atoms with E-state index in [1.54, 1.807) is 0 Å². The lowest BCUT2D eigenvalue weighted by Crippen LogP contribution is -2.31. The van der Waals surface area contributed by atoms with Crippen LogP contribution in [0.15, 0.2) is 33.3 Å². The van der Waals surface area contributed by atoms with Crippen LogP contribution in [0.4, 0.5) is 0 Å². The van der Waals surface area contributed by atoms with Crippen LogP contribution in [0.25, 0.3) is 22.7 Å². The summed E-state index contributed by atoms with van der Waals surface area (Å²) in [5, 5.41) is 8.95. The molecule has 1 aliphatic rings. The lowest BCUT2D eigenvalue weighted by atomic mass is 9.93. The zero-order chi connectivity index (χ0) is 18.1. The first-order valence-electron chi connectivity index (χ1n) is 8.84. The normalized spacial score (nSPS) is 16.3. The minimum absolute atomic E-state index is 0.432. The van der Waals surface area contributed by atoms with E-state index in [9.17, 15) is 0 Å². The van der Waals surface area contributed by atoms with Gasteiger partial charge in [0.15, 0.2) is 5.82 Å². The van der Waals surface area contributed by atoms with Crippen molar-refractivity contribution in [1.29, 1.82) is 0 Å². The van der Waals surface area contributed by atoms with Crippen molar-refractivity contribution < 1.29 is 9.05 Å². The van der Waals surface area contributed by atoms with Crippen LogP contribution in [0.1, 0.15) is 24.4 Å². The number of aromatic nitrogens is 3. The van der Waals surface area contributed by atoms with Crippen molar-refractivity contribution in [3.05, 3.63) is 40.9 Å². The summed E-state index contributed by atoms with van der Waals surface area (Å²) in [5.41, 5.74) is 2.12. The Hall–Kier alpha value is -2.18. The van der Waals surface area contributed by atoms with Gasteiger partial charge < -0.3 is 13.9 Å². The van der Waals surface area contributed by atoms with Crippen LogP contribution < -0.4 is 0 Å². The number of hydrogen-bond acceptors (Lipinski definition) is 6. The van der Waals surface area contributed by atoms with Crippen molar-refractivity contribution in [3.8, 4) is 22.7 Å². The van der Waals surface area contributed by atoms with Gasteiger partial charge in [-0.15, -0.1) is 0 Å². The lowest BCUT2D eigenvalue weighted by Gasteiger charge is -2.27. The fraction of sp³-hybridized carbons (Fsp3) is 0.421. The highest BCUT2D eigenvalue weighted by Gasteiger charge is 2.25. The molecule has 0 aliphatic carbocycles. The van der Waals surface area contributed by atoms with Crippen LogP contribution in [-0.2, 0) is 6.42 Å². The van der Waals surface area contributed by atoms with Crippen molar-refractivity contribution in [3.63, 3.8) is 0 Å². The molecule has 1 fully saturated rings. The molecule has 3 heterocycles. The molecular formula is C19H21ClN4O2. The predicted octanol–water partition coefficient (Wildman–Crippen LogP) is 4.24. The van der Waals surface area contributed by atoms with Crippen LogP contribution >= 0.6 is 11.6 Å². The largest absolute Gasteiger partial charge is 0.360 e. The van der Waals surface area contributed by atoms with Crippen molar-refractivity contribution in [2.45, 2.75) is 26.2 Å². The summed E-state index contributed by atoms with van der Waals surface area (Å²) >= 11 is 6.32. The smallest absolute Gasteiger partial charge is 0.263 e. The molecule has 1 saturated heterocycles. The molecule has 0 amide bonds. The van der Waals surface area contributed by atoms with Crippen LogP contribution in [0, 0.1) is 12.8 Å². The number of hydrogen-bond donors (Lipinski definition) is 0. The molecule has 7 heteroatoms. The Balaban J connectivity index is 1.60. The Morgan fingerprint density at radius 1 is 1.15 bits per heavy atom. The molecule has 0 bridgehead atoms. The SMILES string of the molecule is Cc1onc(-c2ccccc2Cl)c1-c1nc(CC2CCN(C)CC2)no1. The second kappa shape index (κ2) is 7.21. The van der Waals surface area contributed by atoms with E-state index < -0.39 is 0 Å². The van der Waals surface area contributed by atoms with E-state index in [4.69, 9.17) is 20.6 Å². The van der Waals surface area contributed by atoms with Crippen molar-refractivity contribution in [2.75, 3.05) is 20.1 Å². The molecule has 0 N–H and O–H groups in total. The Morgan fingerprint density at radius 2 is 1.92 bits per heavy atom. The average Bonchev–Trinajstić information content (AvgIpc) is 3.24. The summed E-state index contributed by atoms with van der Waals surface area (Å²) in [4.78, 5) is 6.96. The molecule has 136 valence electrons. The lowest BCUT2D eigenvalue weighted by molar-refractivity contribution is 0.216. The van der Waals surface area contributed by atoms with Gasteiger partial charge in [0.2, 0.25) is 0 Å². The Kier molecular flexibility index (Phi) is 4.78. The van der Waals surface area contributed by atoms with Crippen LogP contribution in [0.5, 0.6) is 0 Å². The summed E-state index contributed by atoms with van der Waals surface area (Å²) in [6.45, 7) is 4.08. The second-order valence-electron chi connectivity index (χ2n) is 6.91. The quantitative estimate of drug-likeness (QED) is 0.682. The molecular weight excluding hydrogens is 352 g/mol. The van der Waals surface area contributed by atoms with Crippen LogP contribution in [-0.4, -0.2) is 40.3 Å². The van der Waals surface area contributed by atoms with Crippen molar-refractivity contribution >= 4 is 11.6 Å². The molecule has 26 heavy (non-hydrogen) atoms. The number of halogens is 1. The summed E-state index contributed by atoms with van der Waals surface area (Å²) in [7, 11) is 2.16. The van der Waals surface area contributed by atoms with Gasteiger partial charge in [-0.1, -0.05) is 40.1 Å². The van der Waals surface area contributed by atoms with Crippen molar-refractivity contribution in [2.24, 2.45) is 5.92 Å². The van der Waals surface area contributed by atoms with Crippen LogP contribution in [0.3, 0.4) is 0 Å². The Labute approximate surface area is 157 Å². The van der Waals surface area contributed by atoms with Gasteiger partial charge in [-0.2, -0.15) is 4.98 Å². The van der Waals surface area contributed by atoms with Gasteiger partial charge >= 0.3 is 0 Å².